The number of rotatable bonds is 7. The minimum Gasteiger partial charge on any atom is -0.351 e. The third-order valence-corrected chi connectivity index (χ3v) is 9.30. The van der Waals surface area contributed by atoms with Crippen LogP contribution in [0.1, 0.15) is 53.6 Å². The van der Waals surface area contributed by atoms with Crippen molar-refractivity contribution in [3.63, 3.8) is 0 Å². The molecule has 0 bridgehead atoms. The molecule has 6 rings (SSSR count). The highest BCUT2D eigenvalue weighted by Crippen LogP contribution is 2.67. The van der Waals surface area contributed by atoms with E-state index in [2.05, 4.69) is 77.9 Å². The van der Waals surface area contributed by atoms with Crippen LogP contribution in [0.2, 0.25) is 0 Å². The fraction of sp³-hybridized carbons (Fsp3) is 0.387. The smallest absolute Gasteiger partial charge is 0.251 e. The Balaban J connectivity index is 1.35. The molecule has 1 aliphatic heterocycles. The number of amides is 1. The van der Waals surface area contributed by atoms with Gasteiger partial charge in [-0.2, -0.15) is 0 Å². The molecular formula is C31H34N2O. The van der Waals surface area contributed by atoms with Gasteiger partial charge in [0.05, 0.1) is 0 Å². The fourth-order valence-electron chi connectivity index (χ4n) is 7.66. The van der Waals surface area contributed by atoms with E-state index in [1.807, 2.05) is 30.3 Å². The van der Waals surface area contributed by atoms with E-state index in [0.29, 0.717) is 23.4 Å². The number of benzene rings is 3. The largest absolute Gasteiger partial charge is 0.351 e. The molecular weight excluding hydrogens is 416 g/mol. The Labute approximate surface area is 203 Å². The van der Waals surface area contributed by atoms with Gasteiger partial charge in [-0.25, -0.2) is 0 Å². The monoisotopic (exact) mass is 450 g/mol. The van der Waals surface area contributed by atoms with E-state index < -0.39 is 0 Å². The Morgan fingerprint density at radius 3 is 2.03 bits per heavy atom. The van der Waals surface area contributed by atoms with Gasteiger partial charge < -0.3 is 5.32 Å². The molecule has 1 amide bonds. The van der Waals surface area contributed by atoms with Gasteiger partial charge in [0.2, 0.25) is 0 Å². The molecule has 174 valence electrons. The molecule has 1 N–H and O–H groups in total. The molecule has 34 heavy (non-hydrogen) atoms. The summed E-state index contributed by atoms with van der Waals surface area (Å²) in [5.41, 5.74) is 3.63. The standard InChI is InChI=1S/C31H34N2O/c1-33-27-17-18-30(27)20-23(19-28(30)33)21-31(25-13-7-3-8-14-25,26-15-9-4-10-16-26)22-32-29(34)24-11-5-2-6-12-24/h2-16,23,27-28H,17-22H2,1H3,(H,32,34)/t23-,27-,28-,30?/m0/s1. The zero-order chi connectivity index (χ0) is 23.2. The first-order valence-corrected chi connectivity index (χ1v) is 12.8. The summed E-state index contributed by atoms with van der Waals surface area (Å²) in [6.07, 6.45) is 6.45. The van der Waals surface area contributed by atoms with Crippen molar-refractivity contribution in [1.82, 2.24) is 10.2 Å². The van der Waals surface area contributed by atoms with E-state index in [1.165, 1.54) is 36.8 Å². The quantitative estimate of drug-likeness (QED) is 0.503. The molecule has 0 radical (unpaired) electrons. The summed E-state index contributed by atoms with van der Waals surface area (Å²) in [5.74, 6) is 0.660. The van der Waals surface area contributed by atoms with Crippen molar-refractivity contribution in [3.05, 3.63) is 108 Å². The molecule has 0 aromatic heterocycles. The number of nitrogens with zero attached hydrogens (tertiary/aromatic N) is 1. The fourth-order valence-corrected chi connectivity index (χ4v) is 7.66. The SMILES string of the molecule is CN1[C@H]2CCC23C[C@@H](CC(CNC(=O)c2ccccc2)(c2ccccc2)c2ccccc2)C[C@H]13. The van der Waals surface area contributed by atoms with E-state index in [1.54, 1.807) is 0 Å². The summed E-state index contributed by atoms with van der Waals surface area (Å²) in [6.45, 7) is 0.599. The van der Waals surface area contributed by atoms with Crippen LogP contribution < -0.4 is 5.32 Å². The number of likely N-dealkylation sites (tertiary alicyclic amines) is 1. The van der Waals surface area contributed by atoms with Crippen LogP contribution in [-0.4, -0.2) is 36.5 Å². The zero-order valence-electron chi connectivity index (χ0n) is 20.0. The molecule has 3 aromatic carbocycles. The predicted octanol–water partition coefficient (Wildman–Crippen LogP) is 5.67. The maximum absolute atomic E-state index is 13.1. The summed E-state index contributed by atoms with van der Waals surface area (Å²) in [7, 11) is 2.33. The van der Waals surface area contributed by atoms with Gasteiger partial charge in [-0.1, -0.05) is 78.9 Å². The second-order valence-corrected chi connectivity index (χ2v) is 10.8. The second-order valence-electron chi connectivity index (χ2n) is 10.8. The lowest BCUT2D eigenvalue weighted by Crippen LogP contribution is -2.73. The first kappa shape index (κ1) is 21.6. The van der Waals surface area contributed by atoms with E-state index in [9.17, 15) is 4.79 Å². The van der Waals surface area contributed by atoms with Crippen LogP contribution in [0.4, 0.5) is 0 Å². The number of carbonyl (C=O) groups excluding carboxylic acids is 1. The van der Waals surface area contributed by atoms with E-state index >= 15 is 0 Å². The van der Waals surface area contributed by atoms with Crippen molar-refractivity contribution < 1.29 is 4.79 Å². The van der Waals surface area contributed by atoms with E-state index in [-0.39, 0.29) is 11.3 Å². The van der Waals surface area contributed by atoms with Crippen LogP contribution in [0.3, 0.4) is 0 Å². The number of hydrogen-bond acceptors (Lipinski definition) is 2. The highest BCUT2D eigenvalue weighted by Gasteiger charge is 2.68. The maximum Gasteiger partial charge on any atom is 0.251 e. The lowest BCUT2D eigenvalue weighted by molar-refractivity contribution is -0.174. The third-order valence-electron chi connectivity index (χ3n) is 9.30. The molecule has 1 heterocycles. The Morgan fingerprint density at radius 1 is 0.912 bits per heavy atom. The van der Waals surface area contributed by atoms with Crippen LogP contribution in [0.15, 0.2) is 91.0 Å². The van der Waals surface area contributed by atoms with Crippen LogP contribution >= 0.6 is 0 Å². The van der Waals surface area contributed by atoms with Gasteiger partial charge in [-0.15, -0.1) is 0 Å². The molecule has 3 fully saturated rings. The molecule has 1 unspecified atom stereocenters. The first-order valence-electron chi connectivity index (χ1n) is 12.8. The Hall–Kier alpha value is -2.91. The number of carbonyl (C=O) groups is 1. The van der Waals surface area contributed by atoms with Gasteiger partial charge in [0.25, 0.3) is 5.91 Å². The first-order chi connectivity index (χ1) is 16.6. The van der Waals surface area contributed by atoms with Gasteiger partial charge in [0.1, 0.15) is 0 Å². The van der Waals surface area contributed by atoms with Crippen LogP contribution in [0, 0.1) is 11.3 Å². The number of hydrogen-bond donors (Lipinski definition) is 1. The average Bonchev–Trinajstić information content (AvgIpc) is 3.27. The van der Waals surface area contributed by atoms with Crippen molar-refractivity contribution in [2.45, 2.75) is 49.6 Å². The van der Waals surface area contributed by atoms with Crippen molar-refractivity contribution in [1.29, 1.82) is 0 Å². The summed E-state index contributed by atoms with van der Waals surface area (Å²) >= 11 is 0. The minimum atomic E-state index is -0.254. The Bertz CT molecular complexity index is 1110. The number of nitrogens with one attached hydrogen (secondary N) is 1. The average molecular weight is 451 g/mol. The third kappa shape index (κ3) is 3.32. The van der Waals surface area contributed by atoms with Gasteiger partial charge >= 0.3 is 0 Å². The molecule has 2 saturated carbocycles. The lowest BCUT2D eigenvalue weighted by Gasteiger charge is -2.67. The lowest BCUT2D eigenvalue weighted by atomic mass is 9.53. The minimum absolute atomic E-state index is 0.000660. The van der Waals surface area contributed by atoms with Gasteiger partial charge in [0.15, 0.2) is 0 Å². The van der Waals surface area contributed by atoms with Crippen molar-refractivity contribution >= 4 is 5.91 Å². The molecule has 3 heteroatoms. The molecule has 1 saturated heterocycles. The molecule has 3 nitrogen and oxygen atoms in total. The normalized spacial score (nSPS) is 27.7. The van der Waals surface area contributed by atoms with Gasteiger partial charge in [0, 0.05) is 35.0 Å². The van der Waals surface area contributed by atoms with Gasteiger partial charge in [-0.3, -0.25) is 9.69 Å². The molecule has 3 aliphatic rings. The Morgan fingerprint density at radius 2 is 1.50 bits per heavy atom. The van der Waals surface area contributed by atoms with Crippen LogP contribution in [0.5, 0.6) is 0 Å². The summed E-state index contributed by atoms with van der Waals surface area (Å²) in [4.78, 5) is 15.8. The van der Waals surface area contributed by atoms with Gasteiger partial charge in [-0.05, 0) is 68.3 Å². The molecule has 1 spiro atoms. The van der Waals surface area contributed by atoms with Crippen LogP contribution in [0.25, 0.3) is 0 Å². The molecule has 3 aromatic rings. The van der Waals surface area contributed by atoms with E-state index in [0.717, 1.165) is 18.5 Å². The molecule has 2 aliphatic carbocycles. The summed E-state index contributed by atoms with van der Waals surface area (Å²) < 4.78 is 0. The molecule has 4 atom stereocenters. The highest BCUT2D eigenvalue weighted by atomic mass is 16.1. The summed E-state index contributed by atoms with van der Waals surface area (Å²) in [5, 5.41) is 3.34. The highest BCUT2D eigenvalue weighted by molar-refractivity contribution is 5.94. The zero-order valence-corrected chi connectivity index (χ0v) is 20.0. The van der Waals surface area contributed by atoms with Crippen molar-refractivity contribution in [2.24, 2.45) is 11.3 Å². The van der Waals surface area contributed by atoms with Crippen LogP contribution in [-0.2, 0) is 5.41 Å². The van der Waals surface area contributed by atoms with Crippen molar-refractivity contribution in [2.75, 3.05) is 13.6 Å². The second kappa shape index (κ2) is 8.39. The Kier molecular flexibility index (Phi) is 5.33. The maximum atomic E-state index is 13.1. The summed E-state index contributed by atoms with van der Waals surface area (Å²) in [6, 6.07) is 32.9. The van der Waals surface area contributed by atoms with E-state index in [4.69, 9.17) is 0 Å². The predicted molar refractivity (Wildman–Crippen MR) is 137 cm³/mol. The number of piperidine rings is 1. The topological polar surface area (TPSA) is 32.3 Å². The van der Waals surface area contributed by atoms with Crippen molar-refractivity contribution in [3.8, 4) is 0 Å².